The Morgan fingerprint density at radius 1 is 0.786 bits per heavy atom. The van der Waals surface area contributed by atoms with Crippen molar-refractivity contribution in [3.63, 3.8) is 0 Å². The topological polar surface area (TPSA) is 206 Å². The number of aliphatic hydroxyl groups excluding tert-OH is 4. The smallest absolute Gasteiger partial charge is 0.462 e. The van der Waals surface area contributed by atoms with Crippen LogP contribution in [0.3, 0.4) is 0 Å². The summed E-state index contributed by atoms with van der Waals surface area (Å²) in [5.41, 5.74) is 0. The molecule has 7 atom stereocenters. The number of esters is 2. The molecule has 0 aromatic heterocycles. The van der Waals surface area contributed by atoms with Crippen LogP contribution in [0, 0.1) is 11.8 Å². The zero-order valence-corrected chi connectivity index (χ0v) is 34.9. The van der Waals surface area contributed by atoms with E-state index in [0.717, 1.165) is 57.8 Å². The molecular formula is C42H73O13P. The SMILES string of the molecule is CCCCCC/C=C\CCCCCCCC(=O)OC[C@H](COP(=O)(O)OC[C@@H](O)CO)OC(=O)CCC/C=C\C[C@H]1[C@@H](O)CC(=O)[C@@H]1/C=C/[C@@H](O)CCCCC. The van der Waals surface area contributed by atoms with Crippen LogP contribution in [0.25, 0.3) is 0 Å². The number of aliphatic hydroxyl groups is 4. The van der Waals surface area contributed by atoms with Crippen molar-refractivity contribution in [1.29, 1.82) is 0 Å². The molecule has 0 heterocycles. The van der Waals surface area contributed by atoms with E-state index < -0.39 is 76.5 Å². The Labute approximate surface area is 335 Å². The van der Waals surface area contributed by atoms with Crippen LogP contribution >= 0.6 is 7.82 Å². The second kappa shape index (κ2) is 32.7. The van der Waals surface area contributed by atoms with Crippen molar-refractivity contribution in [3.05, 3.63) is 36.5 Å². The largest absolute Gasteiger partial charge is 0.472 e. The minimum Gasteiger partial charge on any atom is -0.462 e. The highest BCUT2D eigenvalue weighted by Gasteiger charge is 2.39. The van der Waals surface area contributed by atoms with Crippen LogP contribution in [0.5, 0.6) is 0 Å². The molecular weight excluding hydrogens is 743 g/mol. The first-order valence-corrected chi connectivity index (χ1v) is 22.5. The number of carbonyl (C=O) groups is 3. The summed E-state index contributed by atoms with van der Waals surface area (Å²) < 4.78 is 32.6. The molecule has 0 bridgehead atoms. The maximum atomic E-state index is 12.7. The number of allylic oxidation sites excluding steroid dienone is 5. The van der Waals surface area contributed by atoms with Gasteiger partial charge in [0.1, 0.15) is 18.5 Å². The van der Waals surface area contributed by atoms with E-state index in [4.69, 9.17) is 19.1 Å². The van der Waals surface area contributed by atoms with Gasteiger partial charge in [-0.2, -0.15) is 0 Å². The van der Waals surface area contributed by atoms with Gasteiger partial charge in [-0.15, -0.1) is 0 Å². The summed E-state index contributed by atoms with van der Waals surface area (Å²) in [5.74, 6) is -1.95. The summed E-state index contributed by atoms with van der Waals surface area (Å²) in [7, 11) is -4.69. The van der Waals surface area contributed by atoms with Gasteiger partial charge in [0.2, 0.25) is 0 Å². The first-order chi connectivity index (χ1) is 26.9. The molecule has 56 heavy (non-hydrogen) atoms. The highest BCUT2D eigenvalue weighted by molar-refractivity contribution is 7.47. The lowest BCUT2D eigenvalue weighted by Gasteiger charge is -2.20. The van der Waals surface area contributed by atoms with Crippen molar-refractivity contribution in [2.45, 2.75) is 173 Å². The van der Waals surface area contributed by atoms with Crippen LogP contribution in [0.15, 0.2) is 36.5 Å². The van der Waals surface area contributed by atoms with Gasteiger partial charge in [-0.3, -0.25) is 23.4 Å². The first kappa shape index (κ1) is 51.8. The van der Waals surface area contributed by atoms with E-state index in [9.17, 15) is 39.2 Å². The van der Waals surface area contributed by atoms with Crippen molar-refractivity contribution in [3.8, 4) is 0 Å². The number of phosphoric acid groups is 1. The molecule has 0 saturated heterocycles. The average molecular weight is 817 g/mol. The van der Waals surface area contributed by atoms with E-state index in [1.807, 2.05) is 12.2 Å². The molecule has 13 nitrogen and oxygen atoms in total. The molecule has 0 radical (unpaired) electrons. The zero-order valence-electron chi connectivity index (χ0n) is 34.1. The van der Waals surface area contributed by atoms with Crippen molar-refractivity contribution < 1.29 is 62.8 Å². The number of Topliss-reactive ketones (excluding diaryl/α,β-unsaturated/α-hetero) is 1. The predicted octanol–water partition coefficient (Wildman–Crippen LogP) is 7.37. The molecule has 1 aliphatic carbocycles. The number of phosphoric ester groups is 1. The second-order valence-corrected chi connectivity index (χ2v) is 16.2. The van der Waals surface area contributed by atoms with Gasteiger partial charge >= 0.3 is 19.8 Å². The molecule has 0 spiro atoms. The fraction of sp³-hybridized carbons (Fsp3) is 0.786. The lowest BCUT2D eigenvalue weighted by atomic mass is 9.90. The Kier molecular flexibility index (Phi) is 30.3. The molecule has 0 amide bonds. The van der Waals surface area contributed by atoms with Gasteiger partial charge in [0.15, 0.2) is 6.10 Å². The molecule has 324 valence electrons. The quantitative estimate of drug-likeness (QED) is 0.0184. The monoisotopic (exact) mass is 816 g/mol. The van der Waals surface area contributed by atoms with Gasteiger partial charge in [0.25, 0.3) is 0 Å². The van der Waals surface area contributed by atoms with Crippen molar-refractivity contribution in [2.75, 3.05) is 26.4 Å². The number of hydrogen-bond acceptors (Lipinski definition) is 12. The number of hydrogen-bond donors (Lipinski definition) is 5. The van der Waals surface area contributed by atoms with Gasteiger partial charge in [-0.05, 0) is 57.8 Å². The number of rotatable bonds is 35. The third-order valence-corrected chi connectivity index (χ3v) is 10.6. The molecule has 0 aromatic carbocycles. The predicted molar refractivity (Wildman–Crippen MR) is 215 cm³/mol. The number of ether oxygens (including phenoxy) is 2. The summed E-state index contributed by atoms with van der Waals surface area (Å²) >= 11 is 0. The zero-order chi connectivity index (χ0) is 41.4. The van der Waals surface area contributed by atoms with E-state index >= 15 is 0 Å². The minimum absolute atomic E-state index is 0.00859. The van der Waals surface area contributed by atoms with Crippen molar-refractivity contribution in [2.24, 2.45) is 11.8 Å². The third-order valence-electron chi connectivity index (χ3n) is 9.64. The molecule has 1 unspecified atom stereocenters. The Morgan fingerprint density at radius 3 is 2.07 bits per heavy atom. The fourth-order valence-corrected chi connectivity index (χ4v) is 7.05. The molecule has 5 N–H and O–H groups in total. The highest BCUT2D eigenvalue weighted by Crippen LogP contribution is 2.43. The third kappa shape index (κ3) is 26.7. The van der Waals surface area contributed by atoms with Crippen molar-refractivity contribution >= 4 is 25.5 Å². The van der Waals surface area contributed by atoms with Crippen LogP contribution in [0.2, 0.25) is 0 Å². The Hall–Kier alpha value is -2.22. The molecule has 14 heteroatoms. The van der Waals surface area contributed by atoms with Gasteiger partial charge in [0, 0.05) is 31.1 Å². The Morgan fingerprint density at radius 2 is 1.38 bits per heavy atom. The summed E-state index contributed by atoms with van der Waals surface area (Å²) in [4.78, 5) is 47.6. The summed E-state index contributed by atoms with van der Waals surface area (Å²) in [5, 5.41) is 39.0. The number of unbranched alkanes of at least 4 members (excludes halogenated alkanes) is 12. The van der Waals surface area contributed by atoms with E-state index in [1.54, 1.807) is 12.2 Å². The molecule has 1 saturated carbocycles. The molecule has 0 aromatic rings. The summed E-state index contributed by atoms with van der Waals surface area (Å²) in [6.07, 6.45) is 24.8. The van der Waals surface area contributed by atoms with Crippen molar-refractivity contribution in [1.82, 2.24) is 0 Å². The van der Waals surface area contributed by atoms with Crippen LogP contribution < -0.4 is 0 Å². The van der Waals surface area contributed by atoms with Gasteiger partial charge < -0.3 is 34.8 Å². The highest BCUT2D eigenvalue weighted by atomic mass is 31.2. The maximum Gasteiger partial charge on any atom is 0.472 e. The van der Waals surface area contributed by atoms with Crippen LogP contribution in [0.4, 0.5) is 0 Å². The van der Waals surface area contributed by atoms with Gasteiger partial charge in [0.05, 0.1) is 32.0 Å². The fourth-order valence-electron chi connectivity index (χ4n) is 6.26. The van der Waals surface area contributed by atoms with E-state index in [2.05, 4.69) is 30.5 Å². The molecule has 1 aliphatic rings. The number of ketones is 1. The lowest BCUT2D eigenvalue weighted by Crippen LogP contribution is -2.29. The maximum absolute atomic E-state index is 12.7. The summed E-state index contributed by atoms with van der Waals surface area (Å²) in [6.45, 7) is 1.92. The normalized spacial score (nSPS) is 20.2. The second-order valence-electron chi connectivity index (χ2n) is 14.8. The Bertz CT molecular complexity index is 1190. The average Bonchev–Trinajstić information content (AvgIpc) is 3.44. The van der Waals surface area contributed by atoms with E-state index in [1.165, 1.54) is 25.7 Å². The molecule has 0 aliphatic heterocycles. The number of carbonyl (C=O) groups excluding carboxylic acids is 3. The molecule has 1 rings (SSSR count). The van der Waals surface area contributed by atoms with Gasteiger partial charge in [-0.1, -0.05) is 108 Å². The van der Waals surface area contributed by atoms with E-state index in [-0.39, 0.29) is 31.0 Å². The standard InChI is InChI=1S/C42H73O13P/c1-3-5-7-8-9-10-11-12-13-14-15-16-21-25-41(48)52-32-36(33-54-56(50,51)53-31-35(45)30-43)55-42(49)26-22-18-17-20-24-37-38(40(47)29-39(37)46)28-27-34(44)23-19-6-4-2/h10-11,17,20,27-28,34-39,43-46H,3-9,12-16,18-19,21-26,29-33H2,1-2H3,(H,50,51)/b11-10-,20-17-,28-27+/t34-,35-,36+,37+,38+,39-/m0/s1. The Balaban J connectivity index is 2.52. The lowest BCUT2D eigenvalue weighted by molar-refractivity contribution is -0.161. The molecule has 1 fully saturated rings. The minimum atomic E-state index is -4.69. The van der Waals surface area contributed by atoms with Gasteiger partial charge in [-0.25, -0.2) is 4.57 Å². The van der Waals surface area contributed by atoms with Crippen LogP contribution in [0.1, 0.15) is 149 Å². The summed E-state index contributed by atoms with van der Waals surface area (Å²) in [6, 6.07) is 0. The van der Waals surface area contributed by atoms with Crippen LogP contribution in [-0.2, 0) is 37.5 Å². The first-order valence-electron chi connectivity index (χ1n) is 21.0. The van der Waals surface area contributed by atoms with Crippen LogP contribution in [-0.4, -0.2) is 93.9 Å². The van der Waals surface area contributed by atoms with E-state index in [0.29, 0.717) is 32.1 Å².